The molecule has 0 bridgehead atoms. The maximum atomic E-state index is 13.9. The molecule has 0 amide bonds. The summed E-state index contributed by atoms with van der Waals surface area (Å²) in [6, 6.07) is 10.8. The van der Waals surface area contributed by atoms with E-state index in [4.69, 9.17) is 0 Å². The third-order valence-corrected chi connectivity index (χ3v) is 3.28. The summed E-state index contributed by atoms with van der Waals surface area (Å²) in [5, 5.41) is 3.20. The van der Waals surface area contributed by atoms with Crippen LogP contribution in [0.25, 0.3) is 0 Å². The van der Waals surface area contributed by atoms with Gasteiger partial charge in [0, 0.05) is 29.9 Å². The number of benzene rings is 1. The van der Waals surface area contributed by atoms with E-state index in [1.807, 2.05) is 31.3 Å². The van der Waals surface area contributed by atoms with Crippen LogP contribution < -0.4 is 5.32 Å². The summed E-state index contributed by atoms with van der Waals surface area (Å²) in [7, 11) is 1.86. The average molecular weight is 244 g/mol. The van der Waals surface area contributed by atoms with E-state index in [-0.39, 0.29) is 17.8 Å². The van der Waals surface area contributed by atoms with E-state index in [2.05, 4.69) is 17.2 Å². The van der Waals surface area contributed by atoms with Crippen LogP contribution in [0, 0.1) is 5.82 Å². The molecule has 2 atom stereocenters. The normalized spacial score (nSPS) is 14.2. The number of aromatic nitrogens is 1. The molecule has 3 heteroatoms. The van der Waals surface area contributed by atoms with Crippen molar-refractivity contribution in [3.05, 3.63) is 65.7 Å². The molecule has 0 aliphatic carbocycles. The number of rotatable bonds is 4. The molecule has 0 saturated heterocycles. The Balaban J connectivity index is 2.32. The lowest BCUT2D eigenvalue weighted by Gasteiger charge is -2.24. The first kappa shape index (κ1) is 12.7. The Labute approximate surface area is 107 Å². The van der Waals surface area contributed by atoms with Crippen LogP contribution in [0.1, 0.15) is 30.0 Å². The molecular weight excluding hydrogens is 227 g/mol. The summed E-state index contributed by atoms with van der Waals surface area (Å²) in [5.41, 5.74) is 1.84. The minimum absolute atomic E-state index is 0.0476. The summed E-state index contributed by atoms with van der Waals surface area (Å²) < 4.78 is 13.9. The van der Waals surface area contributed by atoms with Gasteiger partial charge in [-0.15, -0.1) is 0 Å². The molecule has 0 fully saturated rings. The van der Waals surface area contributed by atoms with Gasteiger partial charge in [-0.05, 0) is 30.8 Å². The number of hydrogen-bond acceptors (Lipinski definition) is 2. The Morgan fingerprint density at radius 2 is 1.78 bits per heavy atom. The van der Waals surface area contributed by atoms with E-state index in [1.165, 1.54) is 6.07 Å². The lowest BCUT2D eigenvalue weighted by molar-refractivity contribution is 0.478. The lowest BCUT2D eigenvalue weighted by Crippen LogP contribution is -2.23. The largest absolute Gasteiger partial charge is 0.312 e. The Hall–Kier alpha value is -1.74. The summed E-state index contributed by atoms with van der Waals surface area (Å²) in [4.78, 5) is 4.01. The van der Waals surface area contributed by atoms with Crippen LogP contribution in [0.5, 0.6) is 0 Å². The monoisotopic (exact) mass is 244 g/mol. The fourth-order valence-electron chi connectivity index (χ4n) is 2.26. The molecule has 1 N–H and O–H groups in total. The van der Waals surface area contributed by atoms with E-state index in [1.54, 1.807) is 18.5 Å². The van der Waals surface area contributed by atoms with Gasteiger partial charge in [0.2, 0.25) is 0 Å². The molecular formula is C15H17FN2. The zero-order valence-electron chi connectivity index (χ0n) is 10.6. The number of nitrogens with zero attached hydrogens (tertiary/aromatic N) is 1. The van der Waals surface area contributed by atoms with Gasteiger partial charge in [0.05, 0.1) is 0 Å². The smallest absolute Gasteiger partial charge is 0.127 e. The van der Waals surface area contributed by atoms with Crippen molar-refractivity contribution in [2.45, 2.75) is 18.9 Å². The molecule has 2 rings (SSSR count). The molecule has 2 aromatic rings. The van der Waals surface area contributed by atoms with Crippen molar-refractivity contribution in [2.24, 2.45) is 0 Å². The first-order chi connectivity index (χ1) is 8.74. The molecule has 18 heavy (non-hydrogen) atoms. The van der Waals surface area contributed by atoms with E-state index in [0.29, 0.717) is 5.56 Å². The van der Waals surface area contributed by atoms with Crippen molar-refractivity contribution in [1.82, 2.24) is 10.3 Å². The minimum Gasteiger partial charge on any atom is -0.312 e. The third kappa shape index (κ3) is 2.57. The molecule has 1 heterocycles. The highest BCUT2D eigenvalue weighted by molar-refractivity contribution is 5.27. The van der Waals surface area contributed by atoms with Crippen LogP contribution >= 0.6 is 0 Å². The van der Waals surface area contributed by atoms with Gasteiger partial charge in [0.1, 0.15) is 5.82 Å². The summed E-state index contributed by atoms with van der Waals surface area (Å²) in [6.07, 6.45) is 3.53. The highest BCUT2D eigenvalue weighted by Gasteiger charge is 2.21. The molecule has 1 aromatic heterocycles. The highest BCUT2D eigenvalue weighted by atomic mass is 19.1. The van der Waals surface area contributed by atoms with E-state index >= 15 is 0 Å². The molecule has 0 saturated carbocycles. The fourth-order valence-corrected chi connectivity index (χ4v) is 2.26. The van der Waals surface area contributed by atoms with Crippen LogP contribution in [-0.2, 0) is 0 Å². The van der Waals surface area contributed by atoms with Gasteiger partial charge in [-0.2, -0.15) is 0 Å². The zero-order valence-corrected chi connectivity index (χ0v) is 10.6. The van der Waals surface area contributed by atoms with Crippen LogP contribution in [0.15, 0.2) is 48.8 Å². The molecule has 94 valence electrons. The SMILES string of the molecule is CNC(c1ccccc1F)C(C)c1ccncc1. The molecule has 2 unspecified atom stereocenters. The topological polar surface area (TPSA) is 24.9 Å². The van der Waals surface area contributed by atoms with Gasteiger partial charge in [-0.1, -0.05) is 25.1 Å². The summed E-state index contributed by atoms with van der Waals surface area (Å²) >= 11 is 0. The Morgan fingerprint density at radius 3 is 2.39 bits per heavy atom. The number of likely N-dealkylation sites (N-methyl/N-ethyl adjacent to an activating group) is 1. The number of nitrogens with one attached hydrogen (secondary N) is 1. The van der Waals surface area contributed by atoms with Crippen molar-refractivity contribution >= 4 is 0 Å². The predicted molar refractivity (Wildman–Crippen MR) is 70.9 cm³/mol. The first-order valence-corrected chi connectivity index (χ1v) is 6.05. The second kappa shape index (κ2) is 5.74. The van der Waals surface area contributed by atoms with Crippen molar-refractivity contribution in [3.8, 4) is 0 Å². The Kier molecular flexibility index (Phi) is 4.05. The molecule has 0 spiro atoms. The van der Waals surface area contributed by atoms with Gasteiger partial charge >= 0.3 is 0 Å². The summed E-state index contributed by atoms with van der Waals surface area (Å²) in [6.45, 7) is 2.09. The zero-order chi connectivity index (χ0) is 13.0. The van der Waals surface area contributed by atoms with Crippen LogP contribution in [0.4, 0.5) is 4.39 Å². The number of halogens is 1. The standard InChI is InChI=1S/C15H17FN2/c1-11(12-7-9-18-10-8-12)15(17-2)13-5-3-4-6-14(13)16/h3-11,15,17H,1-2H3. The minimum atomic E-state index is -0.169. The molecule has 0 radical (unpaired) electrons. The third-order valence-electron chi connectivity index (χ3n) is 3.28. The second-order valence-corrected chi connectivity index (χ2v) is 4.36. The van der Waals surface area contributed by atoms with Crippen molar-refractivity contribution in [2.75, 3.05) is 7.05 Å². The molecule has 2 nitrogen and oxygen atoms in total. The highest BCUT2D eigenvalue weighted by Crippen LogP contribution is 2.31. The van der Waals surface area contributed by atoms with Gasteiger partial charge in [0.25, 0.3) is 0 Å². The fraction of sp³-hybridized carbons (Fsp3) is 0.267. The molecule has 1 aromatic carbocycles. The van der Waals surface area contributed by atoms with Crippen LogP contribution in [0.2, 0.25) is 0 Å². The van der Waals surface area contributed by atoms with Crippen molar-refractivity contribution < 1.29 is 4.39 Å². The summed E-state index contributed by atoms with van der Waals surface area (Å²) in [5.74, 6) is 0.00709. The number of pyridine rings is 1. The van der Waals surface area contributed by atoms with Gasteiger partial charge < -0.3 is 5.32 Å². The van der Waals surface area contributed by atoms with Crippen LogP contribution in [-0.4, -0.2) is 12.0 Å². The maximum absolute atomic E-state index is 13.9. The van der Waals surface area contributed by atoms with Crippen LogP contribution in [0.3, 0.4) is 0 Å². The van der Waals surface area contributed by atoms with Crippen molar-refractivity contribution in [1.29, 1.82) is 0 Å². The van der Waals surface area contributed by atoms with E-state index in [0.717, 1.165) is 5.56 Å². The van der Waals surface area contributed by atoms with Gasteiger partial charge in [-0.3, -0.25) is 4.98 Å². The van der Waals surface area contributed by atoms with Crippen molar-refractivity contribution in [3.63, 3.8) is 0 Å². The van der Waals surface area contributed by atoms with E-state index < -0.39 is 0 Å². The Morgan fingerprint density at radius 1 is 1.11 bits per heavy atom. The first-order valence-electron chi connectivity index (χ1n) is 6.05. The molecule has 0 aliphatic rings. The van der Waals surface area contributed by atoms with E-state index in [9.17, 15) is 4.39 Å². The second-order valence-electron chi connectivity index (χ2n) is 4.36. The molecule has 0 aliphatic heterocycles. The average Bonchev–Trinajstić information content (AvgIpc) is 2.42. The number of hydrogen-bond donors (Lipinski definition) is 1. The Bertz CT molecular complexity index is 499. The maximum Gasteiger partial charge on any atom is 0.127 e. The van der Waals surface area contributed by atoms with Gasteiger partial charge in [-0.25, -0.2) is 4.39 Å². The van der Waals surface area contributed by atoms with Gasteiger partial charge in [0.15, 0.2) is 0 Å². The quantitative estimate of drug-likeness (QED) is 0.892. The lowest BCUT2D eigenvalue weighted by atomic mass is 9.89. The predicted octanol–water partition coefficient (Wildman–Crippen LogP) is 3.28.